The molecule has 1 aromatic carbocycles. The summed E-state index contributed by atoms with van der Waals surface area (Å²) in [5.74, 6) is -1.18. The number of anilines is 1. The van der Waals surface area contributed by atoms with E-state index in [4.69, 9.17) is 9.47 Å². The lowest BCUT2D eigenvalue weighted by molar-refractivity contribution is -0.133. The zero-order valence-corrected chi connectivity index (χ0v) is 8.71. The van der Waals surface area contributed by atoms with Crippen LogP contribution in [0.4, 0.5) is 14.5 Å². The molecule has 1 aliphatic heterocycles. The third-order valence-electron chi connectivity index (χ3n) is 2.44. The van der Waals surface area contributed by atoms with E-state index in [9.17, 15) is 8.78 Å². The summed E-state index contributed by atoms with van der Waals surface area (Å²) in [5, 5.41) is 2.72. The molecule has 0 aromatic heterocycles. The van der Waals surface area contributed by atoms with Gasteiger partial charge in [-0.1, -0.05) is 6.07 Å². The van der Waals surface area contributed by atoms with Crippen LogP contribution >= 0.6 is 0 Å². The lowest BCUT2D eigenvalue weighted by Crippen LogP contribution is -2.30. The molecule has 16 heavy (non-hydrogen) atoms. The molecule has 1 aliphatic rings. The van der Waals surface area contributed by atoms with Gasteiger partial charge in [-0.15, -0.1) is 0 Å². The molecule has 1 unspecified atom stereocenters. The Bertz CT molecular complexity index is 334. The van der Waals surface area contributed by atoms with E-state index >= 15 is 0 Å². The number of hydrogen-bond donors (Lipinski definition) is 1. The average molecular weight is 229 g/mol. The van der Waals surface area contributed by atoms with Crippen molar-refractivity contribution in [1.29, 1.82) is 0 Å². The first-order chi connectivity index (χ1) is 7.77. The zero-order chi connectivity index (χ0) is 11.4. The van der Waals surface area contributed by atoms with Crippen molar-refractivity contribution in [3.05, 3.63) is 29.8 Å². The molecule has 2 rings (SSSR count). The first kappa shape index (κ1) is 11.3. The maximum atomic E-state index is 13.2. The fourth-order valence-corrected chi connectivity index (χ4v) is 1.54. The Labute approximate surface area is 92.4 Å². The van der Waals surface area contributed by atoms with Crippen LogP contribution in [-0.4, -0.2) is 26.0 Å². The molecule has 0 amide bonds. The third kappa shape index (κ3) is 2.68. The molecule has 1 atom stereocenters. The van der Waals surface area contributed by atoms with Crippen LogP contribution in [0.15, 0.2) is 18.2 Å². The molecular weight excluding hydrogens is 216 g/mol. The predicted molar refractivity (Wildman–Crippen MR) is 55.2 cm³/mol. The van der Waals surface area contributed by atoms with Gasteiger partial charge in [0.2, 0.25) is 0 Å². The highest BCUT2D eigenvalue weighted by atomic mass is 19.1. The molecule has 0 saturated carbocycles. The Morgan fingerprint density at radius 2 is 2.06 bits per heavy atom. The second-order valence-electron chi connectivity index (χ2n) is 3.58. The number of benzene rings is 1. The molecular formula is C11H13F2NO2. The van der Waals surface area contributed by atoms with Crippen LogP contribution in [0.2, 0.25) is 0 Å². The molecule has 1 saturated heterocycles. The van der Waals surface area contributed by atoms with Gasteiger partial charge in [-0.2, -0.15) is 0 Å². The van der Waals surface area contributed by atoms with E-state index in [0.29, 0.717) is 13.2 Å². The Hall–Kier alpha value is -1.20. The molecule has 0 aliphatic carbocycles. The Morgan fingerprint density at radius 3 is 2.69 bits per heavy atom. The monoisotopic (exact) mass is 229 g/mol. The zero-order valence-electron chi connectivity index (χ0n) is 8.71. The topological polar surface area (TPSA) is 30.5 Å². The number of para-hydroxylation sites is 1. The van der Waals surface area contributed by atoms with Crippen molar-refractivity contribution in [3.8, 4) is 0 Å². The van der Waals surface area contributed by atoms with E-state index in [1.54, 1.807) is 0 Å². The quantitative estimate of drug-likeness (QED) is 0.861. The van der Waals surface area contributed by atoms with Gasteiger partial charge in [-0.05, 0) is 18.6 Å². The first-order valence-corrected chi connectivity index (χ1v) is 5.14. The summed E-state index contributed by atoms with van der Waals surface area (Å²) in [6, 6.07) is 3.77. The number of rotatable bonds is 3. The largest absolute Gasteiger partial charge is 0.378 e. The molecule has 1 N–H and O–H groups in total. The van der Waals surface area contributed by atoms with Gasteiger partial charge >= 0.3 is 0 Å². The van der Waals surface area contributed by atoms with Gasteiger partial charge in [0.25, 0.3) is 0 Å². The molecule has 0 radical (unpaired) electrons. The minimum atomic E-state index is -0.591. The van der Waals surface area contributed by atoms with Crippen LogP contribution in [0.3, 0.4) is 0 Å². The highest BCUT2D eigenvalue weighted by Crippen LogP contribution is 2.18. The van der Waals surface area contributed by atoms with Gasteiger partial charge in [-0.25, -0.2) is 8.78 Å². The number of ether oxygens (including phenoxy) is 2. The van der Waals surface area contributed by atoms with Crippen LogP contribution in [0, 0.1) is 11.6 Å². The van der Waals surface area contributed by atoms with E-state index in [2.05, 4.69) is 5.32 Å². The standard InChI is InChI=1S/C11H13F2NO2/c12-9-2-1-3-10(13)11(9)14-6-8-4-5-15-7-16-8/h1-3,8,14H,4-7H2. The maximum Gasteiger partial charge on any atom is 0.149 e. The van der Waals surface area contributed by atoms with Crippen LogP contribution in [0.25, 0.3) is 0 Å². The van der Waals surface area contributed by atoms with Gasteiger partial charge in [0.1, 0.15) is 24.1 Å². The Balaban J connectivity index is 1.93. The molecule has 88 valence electrons. The Kier molecular flexibility index (Phi) is 3.69. The van der Waals surface area contributed by atoms with Crippen LogP contribution in [0.5, 0.6) is 0 Å². The van der Waals surface area contributed by atoms with Gasteiger partial charge in [-0.3, -0.25) is 0 Å². The fourth-order valence-electron chi connectivity index (χ4n) is 1.54. The summed E-state index contributed by atoms with van der Waals surface area (Å²) in [6.45, 7) is 1.24. The van der Waals surface area contributed by atoms with Gasteiger partial charge in [0.05, 0.1) is 12.7 Å². The normalized spacial score (nSPS) is 20.8. The molecule has 1 heterocycles. The molecule has 0 spiro atoms. The van der Waals surface area contributed by atoms with Crippen LogP contribution in [-0.2, 0) is 9.47 Å². The summed E-state index contributed by atoms with van der Waals surface area (Å²) in [5.41, 5.74) is -0.0995. The average Bonchev–Trinajstić information content (AvgIpc) is 2.30. The molecule has 1 fully saturated rings. The Morgan fingerprint density at radius 1 is 1.31 bits per heavy atom. The van der Waals surface area contributed by atoms with Crippen molar-refractivity contribution in [2.24, 2.45) is 0 Å². The van der Waals surface area contributed by atoms with Gasteiger partial charge in [0.15, 0.2) is 0 Å². The van der Waals surface area contributed by atoms with Crippen LogP contribution in [0.1, 0.15) is 6.42 Å². The van der Waals surface area contributed by atoms with E-state index in [1.165, 1.54) is 18.2 Å². The highest BCUT2D eigenvalue weighted by Gasteiger charge is 2.15. The smallest absolute Gasteiger partial charge is 0.149 e. The minimum absolute atomic E-state index is 0.0623. The van der Waals surface area contributed by atoms with Gasteiger partial charge < -0.3 is 14.8 Å². The summed E-state index contributed by atoms with van der Waals surface area (Å²) >= 11 is 0. The van der Waals surface area contributed by atoms with Crippen molar-refractivity contribution in [1.82, 2.24) is 0 Å². The SMILES string of the molecule is Fc1cccc(F)c1NCC1CCOCO1. The number of halogens is 2. The second-order valence-corrected chi connectivity index (χ2v) is 3.58. The minimum Gasteiger partial charge on any atom is -0.378 e. The summed E-state index contributed by atoms with van der Waals surface area (Å²) in [7, 11) is 0. The summed E-state index contributed by atoms with van der Waals surface area (Å²) < 4.78 is 36.7. The summed E-state index contributed by atoms with van der Waals surface area (Å²) in [4.78, 5) is 0. The first-order valence-electron chi connectivity index (χ1n) is 5.14. The van der Waals surface area contributed by atoms with Crippen molar-refractivity contribution in [2.75, 3.05) is 25.3 Å². The van der Waals surface area contributed by atoms with Crippen molar-refractivity contribution >= 4 is 5.69 Å². The molecule has 1 aromatic rings. The van der Waals surface area contributed by atoms with Gasteiger partial charge in [0, 0.05) is 6.54 Å². The lowest BCUT2D eigenvalue weighted by atomic mass is 10.2. The van der Waals surface area contributed by atoms with Crippen LogP contribution < -0.4 is 5.32 Å². The second kappa shape index (κ2) is 5.23. The van der Waals surface area contributed by atoms with Crippen molar-refractivity contribution < 1.29 is 18.3 Å². The van der Waals surface area contributed by atoms with E-state index < -0.39 is 11.6 Å². The highest BCUT2D eigenvalue weighted by molar-refractivity contribution is 5.46. The molecule has 3 nitrogen and oxygen atoms in total. The number of nitrogens with one attached hydrogen (secondary N) is 1. The van der Waals surface area contributed by atoms with E-state index in [-0.39, 0.29) is 18.6 Å². The lowest BCUT2D eigenvalue weighted by Gasteiger charge is -2.23. The van der Waals surface area contributed by atoms with E-state index in [0.717, 1.165) is 6.42 Å². The molecule has 0 bridgehead atoms. The van der Waals surface area contributed by atoms with Crippen molar-refractivity contribution in [2.45, 2.75) is 12.5 Å². The summed E-state index contributed by atoms with van der Waals surface area (Å²) in [6.07, 6.45) is 0.663. The predicted octanol–water partition coefficient (Wildman–Crippen LogP) is 2.14. The molecule has 5 heteroatoms. The fraction of sp³-hybridized carbons (Fsp3) is 0.455. The number of hydrogen-bond acceptors (Lipinski definition) is 3. The third-order valence-corrected chi connectivity index (χ3v) is 2.44. The van der Waals surface area contributed by atoms with Crippen molar-refractivity contribution in [3.63, 3.8) is 0 Å². The maximum absolute atomic E-state index is 13.2. The van der Waals surface area contributed by atoms with E-state index in [1.807, 2.05) is 0 Å².